The zero-order valence-electron chi connectivity index (χ0n) is 35.6. The summed E-state index contributed by atoms with van der Waals surface area (Å²) in [4.78, 5) is 16.3. The molecule has 1 aromatic heterocycles. The maximum Gasteiger partial charge on any atom is 0.165 e. The molecule has 304 valence electrons. The van der Waals surface area contributed by atoms with Gasteiger partial charge in [-0.2, -0.15) is 0 Å². The molecule has 0 N–H and O–H groups in total. The molecule has 11 aromatic rings. The highest BCUT2D eigenvalue weighted by Crippen LogP contribution is 2.47. The smallest absolute Gasteiger partial charge is 0.165 e. The third-order valence-electron chi connectivity index (χ3n) is 12.8. The van der Waals surface area contributed by atoms with Crippen molar-refractivity contribution in [2.45, 2.75) is 6.42 Å². The lowest BCUT2D eigenvalue weighted by Crippen LogP contribution is -2.03. The van der Waals surface area contributed by atoms with Gasteiger partial charge in [0.1, 0.15) is 0 Å². The van der Waals surface area contributed by atoms with Crippen LogP contribution in [0.4, 0.5) is 0 Å². The van der Waals surface area contributed by atoms with Crippen LogP contribution in [0, 0.1) is 0 Å². The van der Waals surface area contributed by atoms with Crippen molar-refractivity contribution in [3.63, 3.8) is 0 Å². The van der Waals surface area contributed by atoms with Crippen molar-refractivity contribution >= 4 is 44.5 Å². The number of allylic oxidation sites excluding steroid dienone is 2. The van der Waals surface area contributed by atoms with Crippen LogP contribution in [-0.2, 0) is 0 Å². The second kappa shape index (κ2) is 16.3. The van der Waals surface area contributed by atoms with E-state index in [1.165, 1.54) is 43.8 Å². The van der Waals surface area contributed by atoms with E-state index in [0.717, 1.165) is 67.3 Å². The Labute approximate surface area is 378 Å². The van der Waals surface area contributed by atoms with E-state index >= 15 is 0 Å². The molecule has 0 atom stereocenters. The van der Waals surface area contributed by atoms with E-state index in [0.29, 0.717) is 17.5 Å². The number of hydrogen-bond acceptors (Lipinski definition) is 3. The molecule has 1 aliphatic rings. The molecule has 3 heteroatoms. The first-order chi connectivity index (χ1) is 32.3. The van der Waals surface area contributed by atoms with Crippen LogP contribution in [-0.4, -0.2) is 15.0 Å². The van der Waals surface area contributed by atoms with Gasteiger partial charge in [0.2, 0.25) is 0 Å². The maximum absolute atomic E-state index is 5.51. The Bertz CT molecular complexity index is 3590. The first-order valence-electron chi connectivity index (χ1n) is 22.3. The number of nitrogens with zero attached hydrogens (tertiary/aromatic N) is 3. The summed E-state index contributed by atoms with van der Waals surface area (Å²) in [6, 6.07) is 75.8. The van der Waals surface area contributed by atoms with E-state index in [9.17, 15) is 0 Å². The summed E-state index contributed by atoms with van der Waals surface area (Å²) < 4.78 is 0. The van der Waals surface area contributed by atoms with Crippen LogP contribution in [0.3, 0.4) is 0 Å². The van der Waals surface area contributed by atoms with Gasteiger partial charge in [0, 0.05) is 16.7 Å². The molecule has 0 unspecified atom stereocenters. The van der Waals surface area contributed by atoms with Crippen molar-refractivity contribution < 1.29 is 0 Å². The van der Waals surface area contributed by atoms with Gasteiger partial charge in [-0.1, -0.05) is 231 Å². The van der Waals surface area contributed by atoms with Crippen LogP contribution >= 0.6 is 0 Å². The molecule has 65 heavy (non-hydrogen) atoms. The van der Waals surface area contributed by atoms with Gasteiger partial charge in [-0.3, -0.25) is 0 Å². The zero-order valence-corrected chi connectivity index (χ0v) is 35.6. The van der Waals surface area contributed by atoms with E-state index in [2.05, 4.69) is 231 Å². The van der Waals surface area contributed by atoms with Gasteiger partial charge in [-0.15, -0.1) is 0 Å². The summed E-state index contributed by atoms with van der Waals surface area (Å²) in [5.41, 5.74) is 14.4. The molecule has 3 nitrogen and oxygen atoms in total. The largest absolute Gasteiger partial charge is 0.208 e. The Morgan fingerprint density at radius 3 is 1.35 bits per heavy atom. The Balaban J connectivity index is 1.11. The number of aromatic nitrogens is 3. The van der Waals surface area contributed by atoms with E-state index in [1.54, 1.807) is 0 Å². The summed E-state index contributed by atoms with van der Waals surface area (Å²) in [7, 11) is 0. The molecule has 0 fully saturated rings. The first-order valence-corrected chi connectivity index (χ1v) is 22.3. The van der Waals surface area contributed by atoms with E-state index in [4.69, 9.17) is 15.0 Å². The highest BCUT2D eigenvalue weighted by molar-refractivity contribution is 6.24. The zero-order chi connectivity index (χ0) is 43.1. The van der Waals surface area contributed by atoms with Gasteiger partial charge in [0.25, 0.3) is 0 Å². The van der Waals surface area contributed by atoms with Crippen LogP contribution in [0.15, 0.2) is 224 Å². The minimum Gasteiger partial charge on any atom is -0.208 e. The van der Waals surface area contributed by atoms with Crippen LogP contribution in [0.25, 0.3) is 123 Å². The van der Waals surface area contributed by atoms with E-state index < -0.39 is 0 Å². The van der Waals surface area contributed by atoms with Gasteiger partial charge < -0.3 is 0 Å². The van der Waals surface area contributed by atoms with Crippen LogP contribution < -0.4 is 0 Å². The predicted molar refractivity (Wildman–Crippen MR) is 273 cm³/mol. The molecule has 12 rings (SSSR count). The quantitative estimate of drug-likeness (QED) is 0.150. The molecule has 1 aliphatic carbocycles. The molecular weight excluding hydrogens is 787 g/mol. The second-order valence-corrected chi connectivity index (χ2v) is 16.6. The fraction of sp³-hybridized carbons (Fsp3) is 0.0161. The molecule has 10 aromatic carbocycles. The minimum absolute atomic E-state index is 0.621. The molecule has 1 heterocycles. The standard InChI is InChI=1S/C62H41N3/c1-5-19-41(20-6-1)42-33-35-46(36-34-42)60-63-61(65-62(64-60)59-47-26-12-4-9-23-44(47)37-38-48(59)43-21-7-2-8-22-43)56-40-39-55(49-27-13-14-28-50(49)56)58-53-31-17-15-29-51(53)57(45-24-10-3-11-25-45)52-30-16-18-32-54(52)58/h1-3,5-40H,4H2. The Morgan fingerprint density at radius 2 is 0.708 bits per heavy atom. The highest BCUT2D eigenvalue weighted by atomic mass is 15.0. The second-order valence-electron chi connectivity index (χ2n) is 16.6. The normalized spacial score (nSPS) is 12.1. The highest BCUT2D eigenvalue weighted by Gasteiger charge is 2.23. The number of hydrogen-bond donors (Lipinski definition) is 0. The summed E-state index contributed by atoms with van der Waals surface area (Å²) >= 11 is 0. The lowest BCUT2D eigenvalue weighted by Gasteiger charge is -2.20. The van der Waals surface area contributed by atoms with Crippen LogP contribution in [0.5, 0.6) is 0 Å². The minimum atomic E-state index is 0.621. The van der Waals surface area contributed by atoms with Gasteiger partial charge in [0.05, 0.1) is 0 Å². The average molecular weight is 828 g/mol. The van der Waals surface area contributed by atoms with Crippen molar-refractivity contribution in [1.29, 1.82) is 0 Å². The Hall–Kier alpha value is -8.53. The van der Waals surface area contributed by atoms with Crippen molar-refractivity contribution in [3.8, 4) is 78.7 Å². The molecular formula is C62H41N3. The third kappa shape index (κ3) is 6.82. The number of fused-ring (bicyclic) bond motifs is 4. The molecule has 0 saturated carbocycles. The maximum atomic E-state index is 5.51. The average Bonchev–Trinajstić information content (AvgIpc) is 3.64. The van der Waals surface area contributed by atoms with Crippen molar-refractivity contribution in [2.75, 3.05) is 0 Å². The molecule has 0 amide bonds. The fourth-order valence-corrected chi connectivity index (χ4v) is 9.75. The van der Waals surface area contributed by atoms with E-state index in [-0.39, 0.29) is 0 Å². The van der Waals surface area contributed by atoms with E-state index in [1.807, 2.05) is 6.07 Å². The van der Waals surface area contributed by atoms with Gasteiger partial charge in [-0.05, 0) is 100 Å². The first kappa shape index (κ1) is 38.2. The Kier molecular flexibility index (Phi) is 9.57. The van der Waals surface area contributed by atoms with Crippen molar-refractivity contribution in [1.82, 2.24) is 15.0 Å². The predicted octanol–water partition coefficient (Wildman–Crippen LogP) is 16.4. The van der Waals surface area contributed by atoms with Gasteiger partial charge in [-0.25, -0.2) is 15.0 Å². The summed E-state index contributed by atoms with van der Waals surface area (Å²) in [6.45, 7) is 0. The lowest BCUT2D eigenvalue weighted by molar-refractivity contribution is 1.08. The Morgan fingerprint density at radius 1 is 0.262 bits per heavy atom. The van der Waals surface area contributed by atoms with Crippen LogP contribution in [0.2, 0.25) is 0 Å². The topological polar surface area (TPSA) is 38.7 Å². The summed E-state index contributed by atoms with van der Waals surface area (Å²) in [5.74, 6) is 1.88. The fourth-order valence-electron chi connectivity index (χ4n) is 9.75. The number of rotatable bonds is 7. The summed E-state index contributed by atoms with van der Waals surface area (Å²) in [5, 5.41) is 7.09. The van der Waals surface area contributed by atoms with Gasteiger partial charge >= 0.3 is 0 Å². The molecule has 0 saturated heterocycles. The number of benzene rings is 10. The molecule has 0 radical (unpaired) electrons. The van der Waals surface area contributed by atoms with Gasteiger partial charge in [0.15, 0.2) is 17.5 Å². The SMILES string of the molecule is C1=Cc2ccc(-c3ccccc3)c(-c3nc(-c4ccc(-c5ccccc5)cc4)nc(-c4ccc(-c5c6ccccc6c(-c6ccccc6)c6ccccc56)c5ccccc45)n3)c2C=CC1. The van der Waals surface area contributed by atoms with Crippen molar-refractivity contribution in [3.05, 3.63) is 236 Å². The molecule has 0 bridgehead atoms. The monoisotopic (exact) mass is 827 g/mol. The summed E-state index contributed by atoms with van der Waals surface area (Å²) in [6.07, 6.45) is 9.73. The lowest BCUT2D eigenvalue weighted by atomic mass is 9.84. The van der Waals surface area contributed by atoms with Crippen LogP contribution in [0.1, 0.15) is 17.5 Å². The van der Waals surface area contributed by atoms with Crippen molar-refractivity contribution in [2.24, 2.45) is 0 Å². The third-order valence-corrected chi connectivity index (χ3v) is 12.8. The molecule has 0 spiro atoms. The molecule has 0 aliphatic heterocycles.